The first-order valence-corrected chi connectivity index (χ1v) is 23.4. The zero-order chi connectivity index (χ0) is 37.8. The molecule has 2 aliphatic rings. The Morgan fingerprint density at radius 1 is 0.509 bits per heavy atom. The van der Waals surface area contributed by atoms with Crippen LogP contribution in [0.4, 0.5) is 0 Å². The van der Waals surface area contributed by atoms with Gasteiger partial charge in [-0.2, -0.15) is 0 Å². The van der Waals surface area contributed by atoms with Crippen molar-refractivity contribution in [1.82, 2.24) is 9.80 Å². The average molecular weight is 877 g/mol. The fourth-order valence-electron chi connectivity index (χ4n) is 8.26. The highest BCUT2D eigenvalue weighted by Crippen LogP contribution is 2.30. The Kier molecular flexibility index (Phi) is 21.2. The Morgan fingerprint density at radius 2 is 0.855 bits per heavy atom. The molecule has 4 nitrogen and oxygen atoms in total. The zero-order valence-corrected chi connectivity index (χ0v) is 36.7. The van der Waals surface area contributed by atoms with Crippen LogP contribution in [-0.2, 0) is 38.8 Å². The van der Waals surface area contributed by atoms with Crippen LogP contribution >= 0.6 is 31.9 Å². The van der Waals surface area contributed by atoms with Gasteiger partial charge in [0.2, 0.25) is 0 Å². The van der Waals surface area contributed by atoms with Crippen LogP contribution in [-0.4, -0.2) is 47.6 Å². The van der Waals surface area contributed by atoms with Crippen molar-refractivity contribution in [2.24, 2.45) is 0 Å². The second kappa shape index (κ2) is 25.8. The molecule has 6 rings (SSSR count). The van der Waals surface area contributed by atoms with Crippen LogP contribution in [0, 0.1) is 0 Å². The summed E-state index contributed by atoms with van der Waals surface area (Å²) in [7, 11) is 4.52. The molecular weight excluding hydrogens is 804 g/mol. The number of unbranched alkanes of at least 4 members (excludes halogenated alkanes) is 4. The van der Waals surface area contributed by atoms with Gasteiger partial charge >= 0.3 is 0 Å². The lowest BCUT2D eigenvalue weighted by molar-refractivity contribution is -0.698. The number of rotatable bonds is 20. The minimum Gasteiger partial charge on any atom is -0.299 e. The van der Waals surface area contributed by atoms with Crippen molar-refractivity contribution in [1.29, 1.82) is 0 Å². The van der Waals surface area contributed by atoms with Crippen molar-refractivity contribution < 1.29 is 9.13 Å². The fourth-order valence-corrected chi connectivity index (χ4v) is 9.05. The van der Waals surface area contributed by atoms with E-state index in [1.165, 1.54) is 149 Å². The average Bonchev–Trinajstić information content (AvgIpc) is 3.84. The number of aryl methyl sites for hydroxylation is 6. The predicted octanol–water partition coefficient (Wildman–Crippen LogP) is 11.6. The molecule has 4 aromatic rings. The molecule has 300 valence electrons. The summed E-state index contributed by atoms with van der Waals surface area (Å²) in [4.78, 5) is 4.99. The second-order valence-electron chi connectivity index (χ2n) is 15.9. The largest absolute Gasteiger partial charge is 0.299 e. The molecule has 2 aromatic heterocycles. The van der Waals surface area contributed by atoms with Gasteiger partial charge < -0.3 is 0 Å². The lowest BCUT2D eigenvalue weighted by Gasteiger charge is -2.18. The van der Waals surface area contributed by atoms with Gasteiger partial charge in [-0.25, -0.2) is 9.13 Å². The maximum absolute atomic E-state index is 3.47. The van der Waals surface area contributed by atoms with E-state index in [0.29, 0.717) is 12.1 Å². The van der Waals surface area contributed by atoms with Crippen molar-refractivity contribution in [3.05, 3.63) is 131 Å². The number of halogens is 2. The van der Waals surface area contributed by atoms with Crippen LogP contribution in [0.2, 0.25) is 0 Å². The summed E-state index contributed by atoms with van der Waals surface area (Å²) in [6.07, 6.45) is 29.3. The number of hydrogen-bond donors (Lipinski definition) is 0. The van der Waals surface area contributed by atoms with Crippen molar-refractivity contribution in [2.75, 3.05) is 37.8 Å². The molecule has 2 fully saturated rings. The van der Waals surface area contributed by atoms with Crippen LogP contribution in [0.5, 0.6) is 0 Å². The molecular formula is C49H72Br2N4+2. The summed E-state index contributed by atoms with van der Waals surface area (Å²) in [5.41, 5.74) is 8.86. The smallest absolute Gasteiger partial charge is 0.173 e. The summed E-state index contributed by atoms with van der Waals surface area (Å²) in [5, 5.41) is 2.25. The second-order valence-corrected chi connectivity index (χ2v) is 17.5. The first kappa shape index (κ1) is 45.3. The molecule has 2 atom stereocenters. The molecule has 55 heavy (non-hydrogen) atoms. The molecule has 0 bridgehead atoms. The lowest BCUT2D eigenvalue weighted by Crippen LogP contribution is -2.34. The Hall–Kier alpha value is -2.38. The van der Waals surface area contributed by atoms with Gasteiger partial charge in [0.1, 0.15) is 13.1 Å². The topological polar surface area (TPSA) is 14.2 Å². The number of hydrogen-bond acceptors (Lipinski definition) is 2. The van der Waals surface area contributed by atoms with Gasteiger partial charge in [0.25, 0.3) is 0 Å². The van der Waals surface area contributed by atoms with Crippen molar-refractivity contribution >= 4 is 31.9 Å². The highest BCUT2D eigenvalue weighted by molar-refractivity contribution is 9.09. The van der Waals surface area contributed by atoms with E-state index in [4.69, 9.17) is 0 Å². The molecule has 2 saturated heterocycles. The molecule has 0 saturated carbocycles. The van der Waals surface area contributed by atoms with Gasteiger partial charge in [0.15, 0.2) is 24.8 Å². The third-order valence-electron chi connectivity index (χ3n) is 11.6. The summed E-state index contributed by atoms with van der Waals surface area (Å²) < 4.78 is 4.79. The molecule has 1 unspecified atom stereocenters. The van der Waals surface area contributed by atoms with E-state index in [1.807, 2.05) is 0 Å². The van der Waals surface area contributed by atoms with Crippen LogP contribution < -0.4 is 9.13 Å². The Balaban J connectivity index is 0.000000334. The normalized spacial score (nSPS) is 17.2. The Bertz CT molecular complexity index is 1490. The molecule has 0 spiro atoms. The first-order chi connectivity index (χ1) is 26.5. The van der Waals surface area contributed by atoms with Gasteiger partial charge in [0, 0.05) is 58.8 Å². The number of aromatic nitrogens is 2. The number of likely N-dealkylation sites (tertiary alicyclic amines) is 2. The third-order valence-corrected chi connectivity index (χ3v) is 12.7. The SMILES string of the molecule is BrCCCCc1ccc(CCCCBr)cc1.C.CN1CCCC1c1ccc[n+](CCCCc2ccc(CCCC[n+]3cccc([C@H]4CCCN4C)c3)cc2)c1. The molecule has 2 aliphatic heterocycles. The number of nitrogens with zero attached hydrogens (tertiary/aromatic N) is 4. The molecule has 0 aliphatic carbocycles. The number of alkyl halides is 2. The Morgan fingerprint density at radius 3 is 1.16 bits per heavy atom. The quantitative estimate of drug-likeness (QED) is 0.0499. The van der Waals surface area contributed by atoms with E-state index in [1.54, 1.807) is 0 Å². The minimum absolute atomic E-state index is 0. The van der Waals surface area contributed by atoms with Crippen LogP contribution in [0.25, 0.3) is 0 Å². The van der Waals surface area contributed by atoms with E-state index in [9.17, 15) is 0 Å². The van der Waals surface area contributed by atoms with Gasteiger partial charge in [-0.05, 0) is 151 Å². The molecule has 4 heterocycles. The Labute approximate surface area is 353 Å². The maximum atomic E-state index is 3.47. The van der Waals surface area contributed by atoms with E-state index in [0.717, 1.165) is 23.7 Å². The molecule has 2 aromatic carbocycles. The molecule has 0 N–H and O–H groups in total. The van der Waals surface area contributed by atoms with Crippen molar-refractivity contribution in [2.45, 2.75) is 135 Å². The molecule has 0 amide bonds. The van der Waals surface area contributed by atoms with Crippen LogP contribution in [0.15, 0.2) is 97.6 Å². The van der Waals surface area contributed by atoms with E-state index in [2.05, 4.69) is 162 Å². The number of pyridine rings is 2. The van der Waals surface area contributed by atoms with Gasteiger partial charge in [-0.3, -0.25) is 9.80 Å². The first-order valence-electron chi connectivity index (χ1n) is 21.2. The molecule has 6 heteroatoms. The van der Waals surface area contributed by atoms with E-state index >= 15 is 0 Å². The zero-order valence-electron chi connectivity index (χ0n) is 33.5. The van der Waals surface area contributed by atoms with Gasteiger partial charge in [-0.15, -0.1) is 0 Å². The molecule has 0 radical (unpaired) electrons. The summed E-state index contributed by atoms with van der Waals surface area (Å²) in [6, 6.07) is 28.9. The van der Waals surface area contributed by atoms with Crippen molar-refractivity contribution in [3.63, 3.8) is 0 Å². The summed E-state index contributed by atoms with van der Waals surface area (Å²) >= 11 is 6.93. The predicted molar refractivity (Wildman–Crippen MR) is 241 cm³/mol. The van der Waals surface area contributed by atoms with Crippen LogP contribution in [0.1, 0.15) is 130 Å². The highest BCUT2D eigenvalue weighted by Gasteiger charge is 2.25. The standard InChI is InChI=1S/C34H48N4.C14H20Br2.CH4/c1-35-21-9-15-33(35)31-13-7-25-37(27-31)23-5-3-11-29-17-19-30(20-18-29)12-4-6-24-38-26-8-14-32(28-38)34-16-10-22-36(34)2;15-11-3-1-5-13-7-9-14(10-8-13)6-2-4-12-16;/h7-8,13-14,17-20,25-28,33-34H,3-6,9-12,15-16,21-24H2,1-2H3;7-10H,1-6,11-12H2;1H4/q+2;;/t33-,34?;;/m1../s1. The lowest BCUT2D eigenvalue weighted by atomic mass is 10.0. The monoisotopic (exact) mass is 874 g/mol. The highest BCUT2D eigenvalue weighted by atomic mass is 79.9. The minimum atomic E-state index is 0. The van der Waals surface area contributed by atoms with Crippen molar-refractivity contribution in [3.8, 4) is 0 Å². The van der Waals surface area contributed by atoms with Gasteiger partial charge in [0.05, 0.1) is 0 Å². The van der Waals surface area contributed by atoms with E-state index < -0.39 is 0 Å². The van der Waals surface area contributed by atoms with Crippen LogP contribution in [0.3, 0.4) is 0 Å². The number of benzene rings is 2. The summed E-state index contributed by atoms with van der Waals surface area (Å²) in [5.74, 6) is 0. The third kappa shape index (κ3) is 15.8. The maximum Gasteiger partial charge on any atom is 0.173 e. The van der Waals surface area contributed by atoms with E-state index in [-0.39, 0.29) is 7.43 Å². The van der Waals surface area contributed by atoms with Gasteiger partial charge in [-0.1, -0.05) is 87.8 Å². The summed E-state index contributed by atoms with van der Waals surface area (Å²) in [6.45, 7) is 4.68. The fraction of sp³-hybridized carbons (Fsp3) is 0.551.